The fourth-order valence-electron chi connectivity index (χ4n) is 4.07. The van der Waals surface area contributed by atoms with Crippen molar-refractivity contribution in [2.45, 2.75) is 45.2 Å². The van der Waals surface area contributed by atoms with Gasteiger partial charge in [-0.25, -0.2) is 0 Å². The first-order chi connectivity index (χ1) is 13.3. The van der Waals surface area contributed by atoms with Gasteiger partial charge in [-0.05, 0) is 44.1 Å². The Bertz CT molecular complexity index is 765. The average Bonchev–Trinajstić information content (AvgIpc) is 3.35. The Kier molecular flexibility index (Phi) is 6.20. The molecule has 2 aliphatic rings. The van der Waals surface area contributed by atoms with Crippen LogP contribution in [0, 0.1) is 0 Å². The van der Waals surface area contributed by atoms with Crippen molar-refractivity contribution in [2.75, 3.05) is 31.1 Å². The SMILES string of the molecule is CCn1nc(C(=O)N2CCSCC2)c2c1CC[C@@H](NCCc1cccs1)C2. The standard InChI is InChI=1S/C20H28N4OS2/c1-2-24-18-6-5-15(21-8-7-16-4-3-11-27-16)14-17(18)19(22-24)20(25)23-9-12-26-13-10-23/h3-4,11,15,21H,2,5-10,12-14H2,1H3/t15-/m1/s1. The molecule has 1 amide bonds. The van der Waals surface area contributed by atoms with E-state index in [2.05, 4.69) is 34.4 Å². The Hall–Kier alpha value is -1.31. The molecule has 1 saturated heterocycles. The van der Waals surface area contributed by atoms with Crippen molar-refractivity contribution in [3.05, 3.63) is 39.3 Å². The second-order valence-corrected chi connectivity index (χ2v) is 9.47. The van der Waals surface area contributed by atoms with Crippen LogP contribution in [0.25, 0.3) is 0 Å². The molecule has 2 aromatic heterocycles. The van der Waals surface area contributed by atoms with Crippen LogP contribution in [0.2, 0.25) is 0 Å². The number of carbonyl (C=O) groups excluding carboxylic acids is 1. The lowest BCUT2D eigenvalue weighted by Crippen LogP contribution is -2.40. The molecule has 5 nitrogen and oxygen atoms in total. The van der Waals surface area contributed by atoms with Crippen molar-refractivity contribution in [3.8, 4) is 0 Å². The van der Waals surface area contributed by atoms with Gasteiger partial charge in [-0.2, -0.15) is 16.9 Å². The summed E-state index contributed by atoms with van der Waals surface area (Å²) in [6, 6.07) is 4.75. The van der Waals surface area contributed by atoms with E-state index in [1.165, 1.54) is 16.1 Å². The Morgan fingerprint density at radius 3 is 2.96 bits per heavy atom. The van der Waals surface area contributed by atoms with Crippen LogP contribution in [0.1, 0.15) is 40.0 Å². The number of aryl methyl sites for hydroxylation is 1. The van der Waals surface area contributed by atoms with Gasteiger partial charge < -0.3 is 10.2 Å². The minimum absolute atomic E-state index is 0.137. The highest BCUT2D eigenvalue weighted by atomic mass is 32.2. The van der Waals surface area contributed by atoms with E-state index in [4.69, 9.17) is 5.10 Å². The number of rotatable bonds is 6. The molecule has 7 heteroatoms. The molecule has 1 aliphatic heterocycles. The summed E-state index contributed by atoms with van der Waals surface area (Å²) < 4.78 is 2.06. The topological polar surface area (TPSA) is 50.2 Å². The van der Waals surface area contributed by atoms with Gasteiger partial charge in [0.2, 0.25) is 0 Å². The summed E-state index contributed by atoms with van der Waals surface area (Å²) in [5.41, 5.74) is 3.19. The molecule has 27 heavy (non-hydrogen) atoms. The zero-order valence-corrected chi connectivity index (χ0v) is 17.6. The predicted molar refractivity (Wildman–Crippen MR) is 113 cm³/mol. The molecule has 0 bridgehead atoms. The van der Waals surface area contributed by atoms with Crippen molar-refractivity contribution in [1.82, 2.24) is 20.0 Å². The fourth-order valence-corrected chi connectivity index (χ4v) is 5.68. The van der Waals surface area contributed by atoms with E-state index in [1.54, 1.807) is 0 Å². The monoisotopic (exact) mass is 404 g/mol. The first-order valence-electron chi connectivity index (χ1n) is 9.97. The van der Waals surface area contributed by atoms with Gasteiger partial charge in [-0.15, -0.1) is 11.3 Å². The lowest BCUT2D eigenvalue weighted by molar-refractivity contribution is 0.0764. The number of amides is 1. The van der Waals surface area contributed by atoms with Crippen LogP contribution in [-0.4, -0.2) is 57.8 Å². The van der Waals surface area contributed by atoms with E-state index in [1.807, 2.05) is 28.0 Å². The van der Waals surface area contributed by atoms with Gasteiger partial charge in [0, 0.05) is 59.9 Å². The van der Waals surface area contributed by atoms with E-state index in [9.17, 15) is 4.79 Å². The van der Waals surface area contributed by atoms with Crippen molar-refractivity contribution in [2.24, 2.45) is 0 Å². The van der Waals surface area contributed by atoms with Crippen LogP contribution < -0.4 is 5.32 Å². The molecule has 0 unspecified atom stereocenters. The second kappa shape index (κ2) is 8.80. The molecule has 146 valence electrons. The number of fused-ring (bicyclic) bond motifs is 1. The molecule has 0 saturated carbocycles. The number of nitrogens with one attached hydrogen (secondary N) is 1. The Morgan fingerprint density at radius 2 is 2.22 bits per heavy atom. The number of hydrogen-bond donors (Lipinski definition) is 1. The van der Waals surface area contributed by atoms with Gasteiger partial charge >= 0.3 is 0 Å². The van der Waals surface area contributed by atoms with E-state index in [0.717, 1.165) is 63.4 Å². The summed E-state index contributed by atoms with van der Waals surface area (Å²) in [6.07, 6.45) is 4.13. The Balaban J connectivity index is 1.45. The number of hydrogen-bond acceptors (Lipinski definition) is 5. The summed E-state index contributed by atoms with van der Waals surface area (Å²) in [5, 5.41) is 10.6. The molecule has 2 aromatic rings. The van der Waals surface area contributed by atoms with Crippen LogP contribution in [0.3, 0.4) is 0 Å². The highest BCUT2D eigenvalue weighted by Gasteiger charge is 2.31. The highest BCUT2D eigenvalue weighted by Crippen LogP contribution is 2.26. The summed E-state index contributed by atoms with van der Waals surface area (Å²) >= 11 is 3.75. The van der Waals surface area contributed by atoms with Crippen LogP contribution in [-0.2, 0) is 25.8 Å². The van der Waals surface area contributed by atoms with Crippen molar-refractivity contribution in [3.63, 3.8) is 0 Å². The number of thiophene rings is 1. The molecule has 1 N–H and O–H groups in total. The zero-order valence-electron chi connectivity index (χ0n) is 15.9. The third-order valence-electron chi connectivity index (χ3n) is 5.53. The largest absolute Gasteiger partial charge is 0.336 e. The molecule has 3 heterocycles. The number of thioether (sulfide) groups is 1. The number of nitrogens with zero attached hydrogens (tertiary/aromatic N) is 3. The lowest BCUT2D eigenvalue weighted by atomic mass is 9.91. The van der Waals surface area contributed by atoms with E-state index in [0.29, 0.717) is 11.7 Å². The maximum Gasteiger partial charge on any atom is 0.274 e. The van der Waals surface area contributed by atoms with Crippen LogP contribution in [0.4, 0.5) is 0 Å². The summed E-state index contributed by atoms with van der Waals surface area (Å²) in [7, 11) is 0. The Labute approximate surface area is 169 Å². The summed E-state index contributed by atoms with van der Waals surface area (Å²) in [6.45, 7) is 5.64. The minimum Gasteiger partial charge on any atom is -0.336 e. The van der Waals surface area contributed by atoms with E-state index < -0.39 is 0 Å². The third kappa shape index (κ3) is 4.25. The van der Waals surface area contributed by atoms with Crippen molar-refractivity contribution in [1.29, 1.82) is 0 Å². The van der Waals surface area contributed by atoms with E-state index in [-0.39, 0.29) is 5.91 Å². The quantitative estimate of drug-likeness (QED) is 0.804. The predicted octanol–water partition coefficient (Wildman–Crippen LogP) is 2.84. The van der Waals surface area contributed by atoms with Crippen LogP contribution >= 0.6 is 23.1 Å². The molecular weight excluding hydrogens is 376 g/mol. The molecule has 1 fully saturated rings. The molecule has 1 aliphatic carbocycles. The molecule has 0 aromatic carbocycles. The van der Waals surface area contributed by atoms with Crippen molar-refractivity contribution < 1.29 is 4.79 Å². The molecule has 0 spiro atoms. The summed E-state index contributed by atoms with van der Waals surface area (Å²) in [4.78, 5) is 16.5. The first-order valence-corrected chi connectivity index (χ1v) is 12.0. The molecule has 0 radical (unpaired) electrons. The van der Waals surface area contributed by atoms with Crippen molar-refractivity contribution >= 4 is 29.0 Å². The maximum atomic E-state index is 13.1. The summed E-state index contributed by atoms with van der Waals surface area (Å²) in [5.74, 6) is 2.21. The minimum atomic E-state index is 0.137. The maximum absolute atomic E-state index is 13.1. The van der Waals surface area contributed by atoms with Gasteiger partial charge in [0.25, 0.3) is 5.91 Å². The smallest absolute Gasteiger partial charge is 0.274 e. The van der Waals surface area contributed by atoms with Gasteiger partial charge in [0.15, 0.2) is 5.69 Å². The van der Waals surface area contributed by atoms with Gasteiger partial charge in [-0.1, -0.05) is 6.07 Å². The normalized spacial score (nSPS) is 19.9. The number of aromatic nitrogens is 2. The second-order valence-electron chi connectivity index (χ2n) is 7.22. The molecular formula is C20H28N4OS2. The third-order valence-corrected chi connectivity index (χ3v) is 7.41. The Morgan fingerprint density at radius 1 is 1.37 bits per heavy atom. The lowest BCUT2D eigenvalue weighted by Gasteiger charge is -2.27. The van der Waals surface area contributed by atoms with Gasteiger partial charge in [0.1, 0.15) is 0 Å². The molecule has 1 atom stereocenters. The van der Waals surface area contributed by atoms with E-state index >= 15 is 0 Å². The molecule has 4 rings (SSSR count). The average molecular weight is 405 g/mol. The van der Waals surface area contributed by atoms with Gasteiger partial charge in [0.05, 0.1) is 0 Å². The van der Waals surface area contributed by atoms with Crippen LogP contribution in [0.15, 0.2) is 17.5 Å². The fraction of sp³-hybridized carbons (Fsp3) is 0.600. The van der Waals surface area contributed by atoms with Crippen LogP contribution in [0.5, 0.6) is 0 Å². The van der Waals surface area contributed by atoms with Gasteiger partial charge in [-0.3, -0.25) is 9.48 Å². The number of carbonyl (C=O) groups is 1. The first kappa shape index (κ1) is 19.0. The highest BCUT2D eigenvalue weighted by molar-refractivity contribution is 7.99. The zero-order chi connectivity index (χ0) is 18.6.